The van der Waals surface area contributed by atoms with Gasteiger partial charge < -0.3 is 14.5 Å². The van der Waals surface area contributed by atoms with Gasteiger partial charge in [0.25, 0.3) is 5.91 Å². The molecule has 0 aliphatic heterocycles. The average Bonchev–Trinajstić information content (AvgIpc) is 3.31. The first-order valence-electron chi connectivity index (χ1n) is 9.30. The molecule has 152 valence electrons. The van der Waals surface area contributed by atoms with E-state index >= 15 is 0 Å². The minimum absolute atomic E-state index is 0.203. The Morgan fingerprint density at radius 1 is 1.38 bits per heavy atom. The number of benzene rings is 1. The fourth-order valence-electron chi connectivity index (χ4n) is 2.64. The zero-order valence-electron chi connectivity index (χ0n) is 16.6. The van der Waals surface area contributed by atoms with Crippen molar-refractivity contribution in [3.05, 3.63) is 64.3 Å². The van der Waals surface area contributed by atoms with Crippen LogP contribution in [0.4, 0.5) is 5.69 Å². The summed E-state index contributed by atoms with van der Waals surface area (Å²) in [6, 6.07) is 9.11. The second kappa shape index (κ2) is 9.43. The third kappa shape index (κ3) is 5.26. The molecule has 3 aromatic rings. The van der Waals surface area contributed by atoms with Crippen molar-refractivity contribution in [3.8, 4) is 5.75 Å². The molecule has 2 aromatic heterocycles. The van der Waals surface area contributed by atoms with Crippen LogP contribution in [0.3, 0.4) is 0 Å². The monoisotopic (exact) mass is 414 g/mol. The molecule has 3 rings (SSSR count). The third-order valence-electron chi connectivity index (χ3n) is 4.19. The molecular formula is C21H23ClN4O3. The number of hydrogen-bond donors (Lipinski definition) is 1. The number of amides is 1. The number of aromatic nitrogens is 2. The molecule has 2 heterocycles. The second-order valence-electron chi connectivity index (χ2n) is 6.52. The summed E-state index contributed by atoms with van der Waals surface area (Å²) < 4.78 is 13.0. The van der Waals surface area contributed by atoms with Gasteiger partial charge in [-0.05, 0) is 49.2 Å². The van der Waals surface area contributed by atoms with Crippen molar-refractivity contribution in [2.75, 3.05) is 6.54 Å². The van der Waals surface area contributed by atoms with Gasteiger partial charge in [-0.2, -0.15) is 5.10 Å². The van der Waals surface area contributed by atoms with E-state index in [1.54, 1.807) is 31.6 Å². The van der Waals surface area contributed by atoms with Crippen molar-refractivity contribution in [2.24, 2.45) is 12.0 Å². The molecule has 0 aliphatic carbocycles. The van der Waals surface area contributed by atoms with E-state index in [1.807, 2.05) is 32.0 Å². The SMILES string of the molecule is CCCNC(=O)c1c(N=Cc2ccc(COc3ccc(Cl)c(C)c3)o2)cnn1C. The molecule has 0 fully saturated rings. The first-order chi connectivity index (χ1) is 14.0. The molecule has 0 spiro atoms. The maximum atomic E-state index is 12.3. The number of furan rings is 1. The molecule has 1 amide bonds. The third-order valence-corrected chi connectivity index (χ3v) is 4.62. The number of nitrogens with one attached hydrogen (secondary N) is 1. The fraction of sp³-hybridized carbons (Fsp3) is 0.286. The molecule has 8 heteroatoms. The fourth-order valence-corrected chi connectivity index (χ4v) is 2.76. The Hall–Kier alpha value is -3.06. The van der Waals surface area contributed by atoms with Gasteiger partial charge in [-0.15, -0.1) is 0 Å². The Labute approximate surface area is 174 Å². The maximum Gasteiger partial charge on any atom is 0.271 e. The molecule has 1 N–H and O–H groups in total. The lowest BCUT2D eigenvalue weighted by atomic mass is 10.2. The lowest BCUT2D eigenvalue weighted by Gasteiger charge is -2.06. The van der Waals surface area contributed by atoms with Gasteiger partial charge in [-0.1, -0.05) is 18.5 Å². The van der Waals surface area contributed by atoms with Crippen LogP contribution in [-0.4, -0.2) is 28.4 Å². The normalized spacial score (nSPS) is 11.2. The number of nitrogens with zero attached hydrogens (tertiary/aromatic N) is 3. The number of ether oxygens (including phenoxy) is 1. The molecule has 0 radical (unpaired) electrons. The molecule has 0 unspecified atom stereocenters. The summed E-state index contributed by atoms with van der Waals surface area (Å²) >= 11 is 6.02. The Balaban J connectivity index is 1.65. The summed E-state index contributed by atoms with van der Waals surface area (Å²) in [4.78, 5) is 16.7. The Morgan fingerprint density at radius 2 is 2.21 bits per heavy atom. The van der Waals surface area contributed by atoms with Crippen LogP contribution < -0.4 is 10.1 Å². The van der Waals surface area contributed by atoms with Crippen molar-refractivity contribution < 1.29 is 13.9 Å². The lowest BCUT2D eigenvalue weighted by molar-refractivity contribution is 0.0945. The molecule has 0 bridgehead atoms. The van der Waals surface area contributed by atoms with Crippen LogP contribution in [0.5, 0.6) is 5.75 Å². The summed E-state index contributed by atoms with van der Waals surface area (Å²) in [5.41, 5.74) is 1.83. The standard InChI is InChI=1S/C21H23ClN4O3/c1-4-9-23-21(27)20-19(12-25-26(20)3)24-11-16-5-6-17(29-16)13-28-15-7-8-18(22)14(2)10-15/h5-8,10-12H,4,9,13H2,1-3H3,(H,23,27). The highest BCUT2D eigenvalue weighted by Crippen LogP contribution is 2.22. The lowest BCUT2D eigenvalue weighted by Crippen LogP contribution is -2.26. The minimum atomic E-state index is -0.203. The van der Waals surface area contributed by atoms with Crippen LogP contribution in [0.25, 0.3) is 0 Å². The number of aliphatic imine (C=N–C) groups is 1. The van der Waals surface area contributed by atoms with Crippen molar-refractivity contribution in [2.45, 2.75) is 26.9 Å². The number of rotatable bonds is 8. The topological polar surface area (TPSA) is 81.7 Å². The van der Waals surface area contributed by atoms with Crippen molar-refractivity contribution in [3.63, 3.8) is 0 Å². The van der Waals surface area contributed by atoms with Crippen molar-refractivity contribution >= 4 is 29.4 Å². The highest BCUT2D eigenvalue weighted by atomic mass is 35.5. The van der Waals surface area contributed by atoms with Crippen molar-refractivity contribution in [1.82, 2.24) is 15.1 Å². The summed E-state index contributed by atoms with van der Waals surface area (Å²) in [5, 5.41) is 7.66. The smallest absolute Gasteiger partial charge is 0.271 e. The molecule has 1 aromatic carbocycles. The van der Waals surface area contributed by atoms with Gasteiger partial charge in [0.05, 0.1) is 12.4 Å². The van der Waals surface area contributed by atoms with Gasteiger partial charge in [0, 0.05) is 18.6 Å². The molecule has 0 aliphatic rings. The molecule has 29 heavy (non-hydrogen) atoms. The molecule has 0 atom stereocenters. The quantitative estimate of drug-likeness (QED) is 0.552. The van der Waals surface area contributed by atoms with E-state index in [9.17, 15) is 4.79 Å². The van der Waals surface area contributed by atoms with Crippen LogP contribution in [-0.2, 0) is 13.7 Å². The number of halogens is 1. The van der Waals surface area contributed by atoms with Crippen LogP contribution >= 0.6 is 11.6 Å². The van der Waals surface area contributed by atoms with Crippen molar-refractivity contribution in [1.29, 1.82) is 0 Å². The predicted octanol–water partition coefficient (Wildman–Crippen LogP) is 4.44. The summed E-state index contributed by atoms with van der Waals surface area (Å²) in [6.07, 6.45) is 3.96. The van der Waals surface area contributed by atoms with E-state index in [1.165, 1.54) is 4.68 Å². The van der Waals surface area contributed by atoms with Crippen LogP contribution in [0.2, 0.25) is 5.02 Å². The molecule has 7 nitrogen and oxygen atoms in total. The summed E-state index contributed by atoms with van der Waals surface area (Å²) in [7, 11) is 1.71. The Bertz CT molecular complexity index is 1020. The van der Waals surface area contributed by atoms with Gasteiger partial charge >= 0.3 is 0 Å². The van der Waals surface area contributed by atoms with E-state index in [4.69, 9.17) is 20.8 Å². The van der Waals surface area contributed by atoms with Gasteiger partial charge in [-0.25, -0.2) is 4.99 Å². The first-order valence-corrected chi connectivity index (χ1v) is 9.67. The Kier molecular flexibility index (Phi) is 6.72. The largest absolute Gasteiger partial charge is 0.486 e. The van der Waals surface area contributed by atoms with E-state index < -0.39 is 0 Å². The zero-order chi connectivity index (χ0) is 20.8. The molecule has 0 saturated heterocycles. The second-order valence-corrected chi connectivity index (χ2v) is 6.93. The van der Waals surface area contributed by atoms with E-state index in [-0.39, 0.29) is 12.5 Å². The number of hydrogen-bond acceptors (Lipinski definition) is 5. The van der Waals surface area contributed by atoms with Crippen LogP contribution in [0, 0.1) is 6.92 Å². The highest BCUT2D eigenvalue weighted by molar-refractivity contribution is 6.31. The minimum Gasteiger partial charge on any atom is -0.486 e. The van der Waals surface area contributed by atoms with E-state index in [2.05, 4.69) is 15.4 Å². The number of aryl methyl sites for hydroxylation is 2. The summed E-state index contributed by atoms with van der Waals surface area (Å²) in [5.74, 6) is 1.73. The number of carbonyl (C=O) groups is 1. The van der Waals surface area contributed by atoms with Gasteiger partial charge in [0.15, 0.2) is 5.69 Å². The number of carbonyl (C=O) groups excluding carboxylic acids is 1. The van der Waals surface area contributed by atoms with Gasteiger partial charge in [-0.3, -0.25) is 9.48 Å². The zero-order valence-corrected chi connectivity index (χ0v) is 17.4. The highest BCUT2D eigenvalue weighted by Gasteiger charge is 2.15. The predicted molar refractivity (Wildman–Crippen MR) is 112 cm³/mol. The van der Waals surface area contributed by atoms with Crippen LogP contribution in [0.15, 0.2) is 45.9 Å². The summed E-state index contributed by atoms with van der Waals surface area (Å²) in [6.45, 7) is 4.80. The maximum absolute atomic E-state index is 12.3. The molecule has 0 saturated carbocycles. The average molecular weight is 415 g/mol. The Morgan fingerprint density at radius 3 is 2.97 bits per heavy atom. The van der Waals surface area contributed by atoms with Gasteiger partial charge in [0.1, 0.15) is 29.6 Å². The van der Waals surface area contributed by atoms with Crippen LogP contribution in [0.1, 0.15) is 40.9 Å². The first kappa shape index (κ1) is 20.7. The van der Waals surface area contributed by atoms with E-state index in [0.29, 0.717) is 34.5 Å². The molecular weight excluding hydrogens is 392 g/mol. The van der Waals surface area contributed by atoms with Gasteiger partial charge in [0.2, 0.25) is 0 Å². The van der Waals surface area contributed by atoms with E-state index in [0.717, 1.165) is 17.7 Å².